The van der Waals surface area contributed by atoms with E-state index in [1.165, 1.54) is 18.4 Å². The van der Waals surface area contributed by atoms with E-state index in [9.17, 15) is 4.79 Å². The summed E-state index contributed by atoms with van der Waals surface area (Å²) in [4.78, 5) is 16.4. The Morgan fingerprint density at radius 2 is 1.78 bits per heavy atom. The van der Waals surface area contributed by atoms with Crippen molar-refractivity contribution < 1.29 is 9.53 Å². The number of hydrogen-bond acceptors (Lipinski definition) is 3. The molecule has 0 atom stereocenters. The molecule has 0 radical (unpaired) electrons. The molecule has 0 aliphatic heterocycles. The number of carbonyl (C=O) groups is 1. The molecule has 0 saturated heterocycles. The maximum Gasteiger partial charge on any atom is 0.145 e. The molecule has 2 aromatic carbocycles. The standard InChI is InChI=1S/C23H28N2O2/c1-24-23(25-20-9-3-2-4-10-20)17-27-21-14-11-18(12-15-21)13-16-22(26)19-7-5-6-8-19/h2-4,9-12,14-15,19H,5-8,13,16-17H2,1H3,(H,24,25). The second kappa shape index (κ2) is 9.91. The number of ketones is 1. The van der Waals surface area contributed by atoms with Gasteiger partial charge in [-0.15, -0.1) is 0 Å². The highest BCUT2D eigenvalue weighted by Crippen LogP contribution is 2.27. The molecular formula is C23H28N2O2. The molecule has 0 unspecified atom stereocenters. The fourth-order valence-corrected chi connectivity index (χ4v) is 3.47. The van der Waals surface area contributed by atoms with Crippen molar-refractivity contribution in [2.24, 2.45) is 10.9 Å². The van der Waals surface area contributed by atoms with Crippen molar-refractivity contribution in [2.45, 2.75) is 38.5 Å². The van der Waals surface area contributed by atoms with E-state index in [2.05, 4.69) is 10.3 Å². The summed E-state index contributed by atoms with van der Waals surface area (Å²) in [6, 6.07) is 17.9. The van der Waals surface area contributed by atoms with Gasteiger partial charge in [0, 0.05) is 25.1 Å². The third kappa shape index (κ3) is 5.95. The van der Waals surface area contributed by atoms with Crippen LogP contribution in [0.1, 0.15) is 37.7 Å². The number of Topliss-reactive ketones (excluding diaryl/α,β-unsaturated/α-hetero) is 1. The van der Waals surface area contributed by atoms with Crippen molar-refractivity contribution in [3.8, 4) is 5.75 Å². The number of nitrogens with zero attached hydrogens (tertiary/aromatic N) is 1. The minimum absolute atomic E-state index is 0.316. The van der Waals surface area contributed by atoms with E-state index in [1.54, 1.807) is 7.05 Å². The number of amidine groups is 1. The van der Waals surface area contributed by atoms with E-state index in [1.807, 2.05) is 54.6 Å². The summed E-state index contributed by atoms with van der Waals surface area (Å²) in [7, 11) is 1.75. The Labute approximate surface area is 161 Å². The van der Waals surface area contributed by atoms with E-state index in [4.69, 9.17) is 4.74 Å². The van der Waals surface area contributed by atoms with Crippen LogP contribution in [0, 0.1) is 5.92 Å². The van der Waals surface area contributed by atoms with Gasteiger partial charge in [-0.1, -0.05) is 43.2 Å². The molecule has 3 rings (SSSR count). The van der Waals surface area contributed by atoms with Crippen molar-refractivity contribution >= 4 is 17.3 Å². The number of aliphatic imine (C=N–C) groups is 1. The average molecular weight is 364 g/mol. The van der Waals surface area contributed by atoms with Gasteiger partial charge in [0.2, 0.25) is 0 Å². The van der Waals surface area contributed by atoms with Gasteiger partial charge >= 0.3 is 0 Å². The number of ether oxygens (including phenoxy) is 1. The summed E-state index contributed by atoms with van der Waals surface area (Å²) in [5, 5.41) is 3.26. The second-order valence-electron chi connectivity index (χ2n) is 7.04. The van der Waals surface area contributed by atoms with Crippen LogP contribution in [-0.4, -0.2) is 25.3 Å². The molecule has 0 heterocycles. The lowest BCUT2D eigenvalue weighted by Gasteiger charge is -2.12. The summed E-state index contributed by atoms with van der Waals surface area (Å²) in [6.45, 7) is 0.380. The first-order valence-corrected chi connectivity index (χ1v) is 9.77. The number of rotatable bonds is 8. The van der Waals surface area contributed by atoms with Crippen molar-refractivity contribution in [3.63, 3.8) is 0 Å². The monoisotopic (exact) mass is 364 g/mol. The number of nitrogens with one attached hydrogen (secondary N) is 1. The van der Waals surface area contributed by atoms with Crippen LogP contribution in [0.25, 0.3) is 0 Å². The summed E-state index contributed by atoms with van der Waals surface area (Å²) in [6.07, 6.45) is 6.06. The zero-order chi connectivity index (χ0) is 18.9. The first-order chi connectivity index (χ1) is 13.2. The van der Waals surface area contributed by atoms with Gasteiger partial charge in [0.25, 0.3) is 0 Å². The van der Waals surface area contributed by atoms with E-state index in [0.29, 0.717) is 24.7 Å². The topological polar surface area (TPSA) is 50.7 Å². The quantitative estimate of drug-likeness (QED) is 0.535. The number of anilines is 1. The lowest BCUT2D eigenvalue weighted by molar-refractivity contribution is -0.122. The lowest BCUT2D eigenvalue weighted by atomic mass is 9.97. The number of para-hydroxylation sites is 1. The molecule has 142 valence electrons. The van der Waals surface area contributed by atoms with Gasteiger partial charge in [-0.3, -0.25) is 9.79 Å². The van der Waals surface area contributed by atoms with Crippen LogP contribution >= 0.6 is 0 Å². The molecule has 1 fully saturated rings. The number of benzene rings is 2. The normalized spacial score (nSPS) is 14.9. The fourth-order valence-electron chi connectivity index (χ4n) is 3.47. The zero-order valence-electron chi connectivity index (χ0n) is 16.0. The van der Waals surface area contributed by atoms with Gasteiger partial charge in [0.1, 0.15) is 24.0 Å². The molecule has 27 heavy (non-hydrogen) atoms. The van der Waals surface area contributed by atoms with Gasteiger partial charge in [0.15, 0.2) is 0 Å². The number of aryl methyl sites for hydroxylation is 1. The van der Waals surface area contributed by atoms with E-state index < -0.39 is 0 Å². The van der Waals surface area contributed by atoms with Gasteiger partial charge in [-0.05, 0) is 49.1 Å². The van der Waals surface area contributed by atoms with Crippen LogP contribution in [-0.2, 0) is 11.2 Å². The highest BCUT2D eigenvalue weighted by molar-refractivity contribution is 5.96. The molecule has 4 heteroatoms. The first-order valence-electron chi connectivity index (χ1n) is 9.77. The molecule has 1 aliphatic carbocycles. The number of hydrogen-bond donors (Lipinski definition) is 1. The van der Waals surface area contributed by atoms with Gasteiger partial charge in [0.05, 0.1) is 0 Å². The Balaban J connectivity index is 1.45. The van der Waals surface area contributed by atoms with Crippen LogP contribution < -0.4 is 10.1 Å². The highest BCUT2D eigenvalue weighted by atomic mass is 16.5. The minimum Gasteiger partial charge on any atom is -0.486 e. The van der Waals surface area contributed by atoms with Crippen molar-refractivity contribution in [1.82, 2.24) is 0 Å². The zero-order valence-corrected chi connectivity index (χ0v) is 16.0. The maximum atomic E-state index is 12.2. The SMILES string of the molecule is CN=C(COc1ccc(CCC(=O)C2CCCC2)cc1)Nc1ccccc1. The predicted octanol–water partition coefficient (Wildman–Crippen LogP) is 4.90. The minimum atomic E-state index is 0.316. The van der Waals surface area contributed by atoms with E-state index >= 15 is 0 Å². The Hall–Kier alpha value is -2.62. The first kappa shape index (κ1) is 19.2. The van der Waals surface area contributed by atoms with Crippen LogP contribution in [0.15, 0.2) is 59.6 Å². The Bertz CT molecular complexity index is 748. The highest BCUT2D eigenvalue weighted by Gasteiger charge is 2.21. The molecule has 0 amide bonds. The molecular weight excluding hydrogens is 336 g/mol. The summed E-state index contributed by atoms with van der Waals surface area (Å²) < 4.78 is 5.83. The molecule has 0 bridgehead atoms. The smallest absolute Gasteiger partial charge is 0.145 e. The Kier molecular flexibility index (Phi) is 7.03. The van der Waals surface area contributed by atoms with Crippen molar-refractivity contribution in [1.29, 1.82) is 0 Å². The predicted molar refractivity (Wildman–Crippen MR) is 111 cm³/mol. The molecule has 1 N–H and O–H groups in total. The van der Waals surface area contributed by atoms with Crippen LogP contribution in [0.4, 0.5) is 5.69 Å². The Morgan fingerprint density at radius 3 is 2.44 bits per heavy atom. The van der Waals surface area contributed by atoms with Crippen LogP contribution in [0.3, 0.4) is 0 Å². The molecule has 1 aliphatic rings. The molecule has 0 aromatic heterocycles. The van der Waals surface area contributed by atoms with Crippen LogP contribution in [0.5, 0.6) is 5.75 Å². The van der Waals surface area contributed by atoms with Crippen molar-refractivity contribution in [3.05, 3.63) is 60.2 Å². The van der Waals surface area contributed by atoms with Gasteiger partial charge in [-0.2, -0.15) is 0 Å². The van der Waals surface area contributed by atoms with E-state index in [0.717, 1.165) is 36.5 Å². The molecule has 2 aromatic rings. The average Bonchev–Trinajstić information content (AvgIpc) is 3.26. The second-order valence-corrected chi connectivity index (χ2v) is 7.04. The largest absolute Gasteiger partial charge is 0.486 e. The summed E-state index contributed by atoms with van der Waals surface area (Å²) in [5.74, 6) is 2.32. The molecule has 0 spiro atoms. The molecule has 1 saturated carbocycles. The summed E-state index contributed by atoms with van der Waals surface area (Å²) >= 11 is 0. The third-order valence-corrected chi connectivity index (χ3v) is 5.10. The van der Waals surface area contributed by atoms with Gasteiger partial charge < -0.3 is 10.1 Å². The fraction of sp³-hybridized carbons (Fsp3) is 0.391. The van der Waals surface area contributed by atoms with Crippen LogP contribution in [0.2, 0.25) is 0 Å². The van der Waals surface area contributed by atoms with Crippen molar-refractivity contribution in [2.75, 3.05) is 19.0 Å². The molecule has 4 nitrogen and oxygen atoms in total. The van der Waals surface area contributed by atoms with Gasteiger partial charge in [-0.25, -0.2) is 0 Å². The van der Waals surface area contributed by atoms with E-state index in [-0.39, 0.29) is 0 Å². The lowest BCUT2D eigenvalue weighted by Crippen LogP contribution is -2.20. The Morgan fingerprint density at radius 1 is 1.07 bits per heavy atom. The maximum absolute atomic E-state index is 12.2. The third-order valence-electron chi connectivity index (χ3n) is 5.10. The number of carbonyl (C=O) groups excluding carboxylic acids is 1. The summed E-state index contributed by atoms with van der Waals surface area (Å²) in [5.41, 5.74) is 2.17.